The predicted octanol–water partition coefficient (Wildman–Crippen LogP) is 2.39. The number of nitrogens with zero attached hydrogens (tertiary/aromatic N) is 1. The highest BCUT2D eigenvalue weighted by atomic mass is 19.1. The summed E-state index contributed by atoms with van der Waals surface area (Å²) in [6.07, 6.45) is 0.371. The van der Waals surface area contributed by atoms with Crippen LogP contribution in [0.25, 0.3) is 0 Å². The minimum absolute atomic E-state index is 0.00681. The second-order valence-corrected chi connectivity index (χ2v) is 4.54. The van der Waals surface area contributed by atoms with Crippen molar-refractivity contribution in [1.29, 1.82) is 0 Å². The van der Waals surface area contributed by atoms with Crippen molar-refractivity contribution in [2.45, 2.75) is 25.8 Å². The molecule has 1 rings (SSSR count). The Bertz CT molecular complexity index is 479. The molecule has 0 heterocycles. The molecular formula is C14H19FN2O3. The molecule has 1 aromatic carbocycles. The second kappa shape index (κ2) is 7.47. The van der Waals surface area contributed by atoms with Gasteiger partial charge in [0, 0.05) is 25.6 Å². The highest BCUT2D eigenvalue weighted by Gasteiger charge is 2.19. The van der Waals surface area contributed by atoms with E-state index in [9.17, 15) is 14.0 Å². The molecule has 1 atom stereocenters. The van der Waals surface area contributed by atoms with E-state index in [1.165, 1.54) is 11.0 Å². The van der Waals surface area contributed by atoms with E-state index in [2.05, 4.69) is 5.32 Å². The van der Waals surface area contributed by atoms with E-state index in [1.807, 2.05) is 0 Å². The lowest BCUT2D eigenvalue weighted by Crippen LogP contribution is -2.39. The number of rotatable bonds is 6. The number of urea groups is 1. The van der Waals surface area contributed by atoms with Crippen LogP contribution in [-0.4, -0.2) is 35.6 Å². The average Bonchev–Trinajstić information content (AvgIpc) is 2.42. The number of carboxylic acids is 1. The lowest BCUT2D eigenvalue weighted by atomic mass is 10.1. The number of halogens is 1. The number of carbonyl (C=O) groups is 2. The number of hydrogen-bond donors (Lipinski definition) is 2. The van der Waals surface area contributed by atoms with Crippen LogP contribution in [0.2, 0.25) is 0 Å². The normalized spacial score (nSPS) is 11.8. The molecule has 0 aliphatic carbocycles. The maximum atomic E-state index is 13.6. The van der Waals surface area contributed by atoms with Gasteiger partial charge in [-0.25, -0.2) is 9.18 Å². The number of amides is 2. The van der Waals surface area contributed by atoms with Gasteiger partial charge in [-0.2, -0.15) is 0 Å². The van der Waals surface area contributed by atoms with E-state index < -0.39 is 12.0 Å². The lowest BCUT2D eigenvalue weighted by Gasteiger charge is -2.25. The number of nitrogens with one attached hydrogen (secondary N) is 1. The average molecular weight is 282 g/mol. The van der Waals surface area contributed by atoms with Gasteiger partial charge >= 0.3 is 12.0 Å². The summed E-state index contributed by atoms with van der Waals surface area (Å²) in [5, 5.41) is 11.1. The molecule has 0 aliphatic heterocycles. The topological polar surface area (TPSA) is 69.6 Å². The third-order valence-corrected chi connectivity index (χ3v) is 3.10. The Morgan fingerprint density at radius 3 is 2.65 bits per heavy atom. The van der Waals surface area contributed by atoms with Crippen LogP contribution < -0.4 is 5.32 Å². The van der Waals surface area contributed by atoms with Gasteiger partial charge in [-0.1, -0.05) is 18.2 Å². The molecule has 0 saturated carbocycles. The summed E-state index contributed by atoms with van der Waals surface area (Å²) in [6, 6.07) is 5.53. The van der Waals surface area contributed by atoms with E-state index in [4.69, 9.17) is 5.11 Å². The number of benzene rings is 1. The van der Waals surface area contributed by atoms with Gasteiger partial charge in [0.15, 0.2) is 0 Å². The van der Waals surface area contributed by atoms with Crippen molar-refractivity contribution in [2.75, 3.05) is 13.6 Å². The second-order valence-electron chi connectivity index (χ2n) is 4.54. The SMILES string of the molecule is CC(c1ccccc1F)N(C)C(=O)NCCCC(=O)O. The molecule has 6 heteroatoms. The summed E-state index contributed by atoms with van der Waals surface area (Å²) >= 11 is 0. The van der Waals surface area contributed by atoms with Crippen LogP contribution in [0.15, 0.2) is 24.3 Å². The molecule has 0 spiro atoms. The third kappa shape index (κ3) is 4.53. The largest absolute Gasteiger partial charge is 0.481 e. The summed E-state index contributed by atoms with van der Waals surface area (Å²) in [5.74, 6) is -1.25. The summed E-state index contributed by atoms with van der Waals surface area (Å²) in [5.41, 5.74) is 0.440. The number of hydrogen-bond acceptors (Lipinski definition) is 2. The van der Waals surface area contributed by atoms with Crippen LogP contribution >= 0.6 is 0 Å². The fourth-order valence-corrected chi connectivity index (χ4v) is 1.76. The molecule has 0 bridgehead atoms. The molecule has 0 saturated heterocycles. The molecule has 0 radical (unpaired) electrons. The molecule has 5 nitrogen and oxygen atoms in total. The van der Waals surface area contributed by atoms with Gasteiger partial charge in [-0.15, -0.1) is 0 Å². The van der Waals surface area contributed by atoms with Gasteiger partial charge in [0.1, 0.15) is 5.82 Å². The summed E-state index contributed by atoms with van der Waals surface area (Å²) in [7, 11) is 1.57. The van der Waals surface area contributed by atoms with E-state index in [1.54, 1.807) is 32.2 Å². The summed E-state index contributed by atoms with van der Waals surface area (Å²) in [6.45, 7) is 2.01. The van der Waals surface area contributed by atoms with Crippen molar-refractivity contribution in [3.63, 3.8) is 0 Å². The Kier molecular flexibility index (Phi) is 5.96. The highest BCUT2D eigenvalue weighted by Crippen LogP contribution is 2.21. The molecule has 0 aromatic heterocycles. The summed E-state index contributed by atoms with van der Waals surface area (Å²) in [4.78, 5) is 23.6. The van der Waals surface area contributed by atoms with Gasteiger partial charge in [0.2, 0.25) is 0 Å². The van der Waals surface area contributed by atoms with Gasteiger partial charge in [-0.05, 0) is 19.4 Å². The molecule has 110 valence electrons. The van der Waals surface area contributed by atoms with Crippen molar-refractivity contribution < 1.29 is 19.1 Å². The molecule has 1 unspecified atom stereocenters. The van der Waals surface area contributed by atoms with E-state index >= 15 is 0 Å². The van der Waals surface area contributed by atoms with Crippen molar-refractivity contribution >= 4 is 12.0 Å². The molecule has 20 heavy (non-hydrogen) atoms. The minimum Gasteiger partial charge on any atom is -0.481 e. The smallest absolute Gasteiger partial charge is 0.317 e. The zero-order valence-corrected chi connectivity index (χ0v) is 11.6. The summed E-state index contributed by atoms with van der Waals surface area (Å²) < 4.78 is 13.6. The molecular weight excluding hydrogens is 263 g/mol. The number of aliphatic carboxylic acids is 1. The maximum absolute atomic E-state index is 13.6. The first-order valence-corrected chi connectivity index (χ1v) is 6.40. The first-order chi connectivity index (χ1) is 9.43. The van der Waals surface area contributed by atoms with Crippen molar-refractivity contribution in [2.24, 2.45) is 0 Å². The quantitative estimate of drug-likeness (QED) is 0.787. The molecule has 0 fully saturated rings. The maximum Gasteiger partial charge on any atom is 0.317 e. The lowest BCUT2D eigenvalue weighted by molar-refractivity contribution is -0.137. The number of carbonyl (C=O) groups excluding carboxylic acids is 1. The number of carboxylic acid groups (broad SMARTS) is 1. The van der Waals surface area contributed by atoms with Crippen molar-refractivity contribution in [3.8, 4) is 0 Å². The van der Waals surface area contributed by atoms with Gasteiger partial charge in [0.25, 0.3) is 0 Å². The Labute approximate surface area is 117 Å². The van der Waals surface area contributed by atoms with E-state index in [0.29, 0.717) is 12.0 Å². The minimum atomic E-state index is -0.896. The fourth-order valence-electron chi connectivity index (χ4n) is 1.76. The predicted molar refractivity (Wildman–Crippen MR) is 72.8 cm³/mol. The van der Waals surface area contributed by atoms with Gasteiger partial charge in [-0.3, -0.25) is 4.79 Å². The molecule has 2 amide bonds. The fraction of sp³-hybridized carbons (Fsp3) is 0.429. The zero-order chi connectivity index (χ0) is 15.1. The Hall–Kier alpha value is -2.11. The first-order valence-electron chi connectivity index (χ1n) is 6.40. The molecule has 2 N–H and O–H groups in total. The Morgan fingerprint density at radius 1 is 1.40 bits per heavy atom. The van der Waals surface area contributed by atoms with Crippen LogP contribution in [0.5, 0.6) is 0 Å². The van der Waals surface area contributed by atoms with Crippen molar-refractivity contribution in [1.82, 2.24) is 10.2 Å². The van der Waals surface area contributed by atoms with Crippen LogP contribution in [-0.2, 0) is 4.79 Å². The van der Waals surface area contributed by atoms with Crippen LogP contribution in [0, 0.1) is 5.82 Å². The monoisotopic (exact) mass is 282 g/mol. The van der Waals surface area contributed by atoms with Crippen molar-refractivity contribution in [3.05, 3.63) is 35.6 Å². The van der Waals surface area contributed by atoms with Gasteiger partial charge < -0.3 is 15.3 Å². The molecule has 1 aromatic rings. The van der Waals surface area contributed by atoms with Gasteiger partial charge in [0.05, 0.1) is 6.04 Å². The van der Waals surface area contributed by atoms with Crippen LogP contribution in [0.3, 0.4) is 0 Å². The highest BCUT2D eigenvalue weighted by molar-refractivity contribution is 5.74. The Morgan fingerprint density at radius 2 is 2.05 bits per heavy atom. The Balaban J connectivity index is 2.52. The standard InChI is InChI=1S/C14H19FN2O3/c1-10(11-6-3-4-7-12(11)15)17(2)14(20)16-9-5-8-13(18)19/h3-4,6-7,10H,5,8-9H2,1-2H3,(H,16,20)(H,18,19). The molecule has 0 aliphatic rings. The van der Waals surface area contributed by atoms with E-state index in [0.717, 1.165) is 0 Å². The third-order valence-electron chi connectivity index (χ3n) is 3.10. The van der Waals surface area contributed by atoms with Crippen LogP contribution in [0.4, 0.5) is 9.18 Å². The zero-order valence-electron chi connectivity index (χ0n) is 11.6. The van der Waals surface area contributed by atoms with E-state index in [-0.39, 0.29) is 24.8 Å². The van der Waals surface area contributed by atoms with Crippen LogP contribution in [0.1, 0.15) is 31.4 Å². The first kappa shape index (κ1) is 15.9.